The van der Waals surface area contributed by atoms with Crippen molar-refractivity contribution in [2.75, 3.05) is 11.9 Å². The molecule has 0 unspecified atom stereocenters. The maximum atomic E-state index is 12.3. The molecular weight excluding hydrogens is 320 g/mol. The molecule has 0 heterocycles. The number of carbonyl (C=O) groups is 2. The molecule has 2 N–H and O–H groups in total. The minimum atomic E-state index is -0.851. The zero-order valence-corrected chi connectivity index (χ0v) is 13.1. The average molecular weight is 339 g/mol. The van der Waals surface area contributed by atoms with Crippen LogP contribution in [0, 0.1) is 5.41 Å². The molecule has 2 rings (SSSR count). The van der Waals surface area contributed by atoms with Gasteiger partial charge in [0, 0.05) is 16.7 Å². The first-order valence-corrected chi connectivity index (χ1v) is 7.73. The van der Waals surface area contributed by atoms with E-state index in [2.05, 4.69) is 33.5 Å². The second-order valence-electron chi connectivity index (χ2n) is 5.16. The molecule has 2 amide bonds. The summed E-state index contributed by atoms with van der Waals surface area (Å²) in [5, 5.41) is 5.68. The van der Waals surface area contributed by atoms with Crippen molar-refractivity contribution in [2.45, 2.75) is 32.6 Å². The number of benzene rings is 1. The van der Waals surface area contributed by atoms with Crippen molar-refractivity contribution in [3.05, 3.63) is 28.7 Å². The summed E-state index contributed by atoms with van der Waals surface area (Å²) in [4.78, 5) is 24.4. The smallest absolute Gasteiger partial charge is 0.240 e. The SMILES string of the molecule is CCCCNC(=O)C1(C(=O)Nc2cccc(Br)c2)CC1. The predicted octanol–water partition coefficient (Wildman–Crippen LogP) is 3.08. The molecule has 5 heteroatoms. The normalized spacial score (nSPS) is 15.5. The number of nitrogens with one attached hydrogen (secondary N) is 2. The fourth-order valence-corrected chi connectivity index (χ4v) is 2.45. The average Bonchev–Trinajstić information content (AvgIpc) is 3.20. The fraction of sp³-hybridized carbons (Fsp3) is 0.467. The summed E-state index contributed by atoms with van der Waals surface area (Å²) in [7, 11) is 0. The summed E-state index contributed by atoms with van der Waals surface area (Å²) in [6.07, 6.45) is 3.22. The number of rotatable bonds is 6. The molecule has 1 aromatic carbocycles. The van der Waals surface area contributed by atoms with Gasteiger partial charge in [-0.25, -0.2) is 0 Å². The van der Waals surface area contributed by atoms with E-state index in [9.17, 15) is 9.59 Å². The van der Waals surface area contributed by atoms with Crippen LogP contribution in [0.4, 0.5) is 5.69 Å². The van der Waals surface area contributed by atoms with Gasteiger partial charge in [-0.3, -0.25) is 9.59 Å². The summed E-state index contributed by atoms with van der Waals surface area (Å²) in [5.74, 6) is -0.344. The van der Waals surface area contributed by atoms with E-state index < -0.39 is 5.41 Å². The van der Waals surface area contributed by atoms with Crippen LogP contribution in [-0.2, 0) is 9.59 Å². The molecule has 1 aliphatic carbocycles. The van der Waals surface area contributed by atoms with Gasteiger partial charge in [-0.05, 0) is 37.5 Å². The Hall–Kier alpha value is -1.36. The quantitative estimate of drug-likeness (QED) is 0.618. The lowest BCUT2D eigenvalue weighted by atomic mass is 10.0. The predicted molar refractivity (Wildman–Crippen MR) is 82.4 cm³/mol. The third-order valence-corrected chi connectivity index (χ3v) is 4.01. The molecule has 1 fully saturated rings. The molecule has 0 spiro atoms. The van der Waals surface area contributed by atoms with Crippen LogP contribution in [0.5, 0.6) is 0 Å². The molecule has 0 bridgehead atoms. The van der Waals surface area contributed by atoms with Gasteiger partial charge in [-0.15, -0.1) is 0 Å². The molecule has 108 valence electrons. The van der Waals surface area contributed by atoms with Gasteiger partial charge in [0.2, 0.25) is 11.8 Å². The highest BCUT2D eigenvalue weighted by Crippen LogP contribution is 2.46. The number of amides is 2. The number of carbonyl (C=O) groups excluding carboxylic acids is 2. The van der Waals surface area contributed by atoms with Crippen molar-refractivity contribution in [3.8, 4) is 0 Å². The first-order valence-electron chi connectivity index (χ1n) is 6.94. The standard InChI is InChI=1S/C15H19BrN2O2/c1-2-3-9-17-13(19)15(7-8-15)14(20)18-12-6-4-5-11(16)10-12/h4-6,10H,2-3,7-9H2,1H3,(H,17,19)(H,18,20). The van der Waals surface area contributed by atoms with Crippen molar-refractivity contribution in [2.24, 2.45) is 5.41 Å². The van der Waals surface area contributed by atoms with Crippen LogP contribution in [0.1, 0.15) is 32.6 Å². The van der Waals surface area contributed by atoms with Crippen molar-refractivity contribution in [1.29, 1.82) is 0 Å². The van der Waals surface area contributed by atoms with Crippen LogP contribution >= 0.6 is 15.9 Å². The van der Waals surface area contributed by atoms with E-state index in [1.807, 2.05) is 24.3 Å². The molecule has 1 saturated carbocycles. The Balaban J connectivity index is 1.96. The molecule has 1 aromatic rings. The van der Waals surface area contributed by atoms with Gasteiger partial charge in [-0.1, -0.05) is 35.3 Å². The molecule has 0 radical (unpaired) electrons. The van der Waals surface area contributed by atoms with E-state index in [0.717, 1.165) is 17.3 Å². The molecule has 0 atom stereocenters. The second-order valence-corrected chi connectivity index (χ2v) is 6.07. The van der Waals surface area contributed by atoms with Gasteiger partial charge in [0.1, 0.15) is 5.41 Å². The third-order valence-electron chi connectivity index (χ3n) is 3.52. The molecule has 0 saturated heterocycles. The van der Waals surface area contributed by atoms with Gasteiger partial charge in [0.15, 0.2) is 0 Å². The van der Waals surface area contributed by atoms with E-state index in [4.69, 9.17) is 0 Å². The van der Waals surface area contributed by atoms with E-state index in [1.165, 1.54) is 0 Å². The minimum Gasteiger partial charge on any atom is -0.355 e. The maximum Gasteiger partial charge on any atom is 0.240 e. The number of unbranched alkanes of at least 4 members (excludes halogenated alkanes) is 1. The Bertz CT molecular complexity index is 512. The molecule has 4 nitrogen and oxygen atoms in total. The van der Waals surface area contributed by atoms with Gasteiger partial charge >= 0.3 is 0 Å². The van der Waals surface area contributed by atoms with Gasteiger partial charge in [-0.2, -0.15) is 0 Å². The van der Waals surface area contributed by atoms with Crippen LogP contribution in [0.2, 0.25) is 0 Å². The summed E-state index contributed by atoms with van der Waals surface area (Å²) in [6, 6.07) is 7.37. The highest BCUT2D eigenvalue weighted by molar-refractivity contribution is 9.10. The first kappa shape index (κ1) is 15.0. The molecule has 0 aliphatic heterocycles. The highest BCUT2D eigenvalue weighted by Gasteiger charge is 2.56. The van der Waals surface area contributed by atoms with Crippen LogP contribution in [0.25, 0.3) is 0 Å². The molecule has 1 aliphatic rings. The van der Waals surface area contributed by atoms with Crippen LogP contribution in [-0.4, -0.2) is 18.4 Å². The fourth-order valence-electron chi connectivity index (χ4n) is 2.05. The van der Waals surface area contributed by atoms with Gasteiger partial charge in [0.05, 0.1) is 0 Å². The number of halogens is 1. The zero-order chi connectivity index (χ0) is 14.6. The van der Waals surface area contributed by atoms with Crippen LogP contribution < -0.4 is 10.6 Å². The van der Waals surface area contributed by atoms with E-state index in [-0.39, 0.29) is 11.8 Å². The van der Waals surface area contributed by atoms with Crippen molar-refractivity contribution < 1.29 is 9.59 Å². The Morgan fingerprint density at radius 3 is 2.65 bits per heavy atom. The van der Waals surface area contributed by atoms with Crippen molar-refractivity contribution in [3.63, 3.8) is 0 Å². The summed E-state index contributed by atoms with van der Waals surface area (Å²) < 4.78 is 0.896. The van der Waals surface area contributed by atoms with Crippen LogP contribution in [0.3, 0.4) is 0 Å². The van der Waals surface area contributed by atoms with E-state index >= 15 is 0 Å². The van der Waals surface area contributed by atoms with Crippen LogP contribution in [0.15, 0.2) is 28.7 Å². The van der Waals surface area contributed by atoms with Gasteiger partial charge < -0.3 is 10.6 Å². The zero-order valence-electron chi connectivity index (χ0n) is 11.5. The summed E-state index contributed by atoms with van der Waals surface area (Å²) >= 11 is 3.36. The third kappa shape index (κ3) is 3.39. The number of hydrogen-bond donors (Lipinski definition) is 2. The summed E-state index contributed by atoms with van der Waals surface area (Å²) in [6.45, 7) is 2.71. The highest BCUT2D eigenvalue weighted by atomic mass is 79.9. The lowest BCUT2D eigenvalue weighted by Crippen LogP contribution is -2.40. The Labute approximate surface area is 127 Å². The lowest BCUT2D eigenvalue weighted by Gasteiger charge is -2.15. The monoisotopic (exact) mass is 338 g/mol. The number of hydrogen-bond acceptors (Lipinski definition) is 2. The maximum absolute atomic E-state index is 12.3. The van der Waals surface area contributed by atoms with E-state index in [0.29, 0.717) is 25.1 Å². The van der Waals surface area contributed by atoms with Gasteiger partial charge in [0.25, 0.3) is 0 Å². The Morgan fingerprint density at radius 2 is 2.05 bits per heavy atom. The lowest BCUT2D eigenvalue weighted by molar-refractivity contribution is -0.134. The number of anilines is 1. The molecular formula is C15H19BrN2O2. The molecule has 20 heavy (non-hydrogen) atoms. The minimum absolute atomic E-state index is 0.140. The largest absolute Gasteiger partial charge is 0.355 e. The Kier molecular flexibility index (Phi) is 4.81. The van der Waals surface area contributed by atoms with Crippen molar-refractivity contribution >= 4 is 33.4 Å². The van der Waals surface area contributed by atoms with E-state index in [1.54, 1.807) is 0 Å². The Morgan fingerprint density at radius 1 is 1.30 bits per heavy atom. The molecule has 0 aromatic heterocycles. The summed E-state index contributed by atoms with van der Waals surface area (Å²) in [5.41, 5.74) is -0.146. The first-order chi connectivity index (χ1) is 9.58. The second kappa shape index (κ2) is 6.39. The topological polar surface area (TPSA) is 58.2 Å². The van der Waals surface area contributed by atoms with Crippen molar-refractivity contribution in [1.82, 2.24) is 5.32 Å².